The van der Waals surface area contributed by atoms with Gasteiger partial charge in [-0.1, -0.05) is 12.1 Å². The largest absolute Gasteiger partial charge is 0.491 e. The van der Waals surface area contributed by atoms with E-state index in [2.05, 4.69) is 28.9 Å². The Morgan fingerprint density at radius 1 is 1.26 bits per heavy atom. The fourth-order valence-corrected chi connectivity index (χ4v) is 3.46. The molecular weight excluding hydrogens is 322 g/mol. The van der Waals surface area contributed by atoms with Crippen molar-refractivity contribution in [1.29, 1.82) is 0 Å². The second kappa shape index (κ2) is 6.07. The molecule has 1 atom stereocenters. The van der Waals surface area contributed by atoms with Crippen molar-refractivity contribution in [1.82, 2.24) is 0 Å². The van der Waals surface area contributed by atoms with E-state index in [0.29, 0.717) is 0 Å². The highest BCUT2D eigenvalue weighted by molar-refractivity contribution is 9.11. The fourth-order valence-electron chi connectivity index (χ4n) is 1.85. The molecule has 2 aromatic rings. The van der Waals surface area contributed by atoms with Gasteiger partial charge in [0.1, 0.15) is 5.75 Å². The van der Waals surface area contributed by atoms with Crippen molar-refractivity contribution >= 4 is 27.3 Å². The zero-order valence-electron chi connectivity index (χ0n) is 11.3. The highest BCUT2D eigenvalue weighted by atomic mass is 79.9. The Morgan fingerprint density at radius 3 is 2.58 bits per heavy atom. The van der Waals surface area contributed by atoms with Crippen LogP contribution in [0.25, 0.3) is 0 Å². The van der Waals surface area contributed by atoms with Crippen molar-refractivity contribution < 1.29 is 4.74 Å². The fraction of sp³-hybridized carbons (Fsp3) is 0.333. The highest BCUT2D eigenvalue weighted by Gasteiger charge is 2.14. The molecule has 2 N–H and O–H groups in total. The molecule has 0 aliphatic rings. The van der Waals surface area contributed by atoms with E-state index in [-0.39, 0.29) is 12.1 Å². The summed E-state index contributed by atoms with van der Waals surface area (Å²) in [6.45, 7) is 6.12. The van der Waals surface area contributed by atoms with Gasteiger partial charge >= 0.3 is 0 Å². The molecule has 102 valence electrons. The van der Waals surface area contributed by atoms with Gasteiger partial charge in [-0.05, 0) is 66.0 Å². The summed E-state index contributed by atoms with van der Waals surface area (Å²) in [5, 5.41) is 0. The SMILES string of the molecule is Cc1cc(C(N)c2cccc(OC(C)C)c2)sc1Br. The number of hydrogen-bond acceptors (Lipinski definition) is 3. The van der Waals surface area contributed by atoms with Gasteiger partial charge in [0.2, 0.25) is 0 Å². The van der Waals surface area contributed by atoms with Gasteiger partial charge in [-0.3, -0.25) is 0 Å². The molecule has 2 rings (SSSR count). The van der Waals surface area contributed by atoms with Crippen LogP contribution < -0.4 is 10.5 Å². The molecule has 4 heteroatoms. The quantitative estimate of drug-likeness (QED) is 0.879. The first-order valence-electron chi connectivity index (χ1n) is 6.25. The molecule has 0 aliphatic heterocycles. The summed E-state index contributed by atoms with van der Waals surface area (Å²) in [7, 11) is 0. The Hall–Kier alpha value is -0.840. The molecular formula is C15H18BrNOS. The number of hydrogen-bond donors (Lipinski definition) is 1. The third-order valence-electron chi connectivity index (χ3n) is 2.77. The van der Waals surface area contributed by atoms with Gasteiger partial charge in [-0.15, -0.1) is 11.3 Å². The number of thiophene rings is 1. The molecule has 2 nitrogen and oxygen atoms in total. The predicted octanol–water partition coefficient (Wildman–Crippen LogP) is 4.65. The molecule has 1 aromatic carbocycles. The van der Waals surface area contributed by atoms with Gasteiger partial charge in [0.25, 0.3) is 0 Å². The first-order chi connectivity index (χ1) is 8.97. The van der Waals surface area contributed by atoms with Gasteiger partial charge < -0.3 is 10.5 Å². The highest BCUT2D eigenvalue weighted by Crippen LogP contribution is 2.33. The third kappa shape index (κ3) is 3.59. The standard InChI is InChI=1S/C15H18BrNOS/c1-9(2)18-12-6-4-5-11(8-12)14(17)13-7-10(3)15(16)19-13/h4-9,14H,17H2,1-3H3. The van der Waals surface area contributed by atoms with Gasteiger partial charge in [-0.2, -0.15) is 0 Å². The maximum Gasteiger partial charge on any atom is 0.120 e. The molecule has 0 saturated carbocycles. The average Bonchev–Trinajstić information content (AvgIpc) is 2.68. The van der Waals surface area contributed by atoms with Crippen LogP contribution in [-0.2, 0) is 0 Å². The zero-order valence-corrected chi connectivity index (χ0v) is 13.7. The predicted molar refractivity (Wildman–Crippen MR) is 85.0 cm³/mol. The summed E-state index contributed by atoms with van der Waals surface area (Å²) < 4.78 is 6.85. The van der Waals surface area contributed by atoms with Crippen molar-refractivity contribution in [3.63, 3.8) is 0 Å². The van der Waals surface area contributed by atoms with E-state index in [1.54, 1.807) is 11.3 Å². The number of nitrogens with two attached hydrogens (primary N) is 1. The maximum atomic E-state index is 6.33. The Balaban J connectivity index is 2.25. The van der Waals surface area contributed by atoms with Crippen LogP contribution in [-0.4, -0.2) is 6.10 Å². The molecule has 0 fully saturated rings. The Labute approximate surface area is 126 Å². The summed E-state index contributed by atoms with van der Waals surface area (Å²) in [5.41, 5.74) is 8.63. The van der Waals surface area contributed by atoms with E-state index in [9.17, 15) is 0 Å². The minimum Gasteiger partial charge on any atom is -0.491 e. The molecule has 0 spiro atoms. The van der Waals surface area contributed by atoms with Crippen molar-refractivity contribution in [3.8, 4) is 5.75 Å². The normalized spacial score (nSPS) is 12.7. The first-order valence-corrected chi connectivity index (χ1v) is 7.86. The van der Waals surface area contributed by atoms with E-state index in [1.165, 1.54) is 5.56 Å². The lowest BCUT2D eigenvalue weighted by Gasteiger charge is -2.14. The number of halogens is 1. The molecule has 19 heavy (non-hydrogen) atoms. The summed E-state index contributed by atoms with van der Waals surface area (Å²) in [6, 6.07) is 10.0. The van der Waals surface area contributed by atoms with Crippen molar-refractivity contribution in [3.05, 3.63) is 50.1 Å². The number of rotatable bonds is 4. The van der Waals surface area contributed by atoms with E-state index in [4.69, 9.17) is 10.5 Å². The lowest BCUT2D eigenvalue weighted by molar-refractivity contribution is 0.242. The molecule has 0 amide bonds. The van der Waals surface area contributed by atoms with Gasteiger partial charge in [-0.25, -0.2) is 0 Å². The van der Waals surface area contributed by atoms with Crippen LogP contribution in [0, 0.1) is 6.92 Å². The lowest BCUT2D eigenvalue weighted by atomic mass is 10.1. The van der Waals surface area contributed by atoms with Crippen molar-refractivity contribution in [2.24, 2.45) is 5.73 Å². The minimum absolute atomic E-state index is 0.106. The van der Waals surface area contributed by atoms with Crippen LogP contribution in [0.5, 0.6) is 5.75 Å². The van der Waals surface area contributed by atoms with Gasteiger partial charge in [0.15, 0.2) is 0 Å². The van der Waals surface area contributed by atoms with Crippen LogP contribution in [0.3, 0.4) is 0 Å². The van der Waals surface area contributed by atoms with E-state index in [0.717, 1.165) is 20.0 Å². The number of aryl methyl sites for hydroxylation is 1. The molecule has 1 unspecified atom stereocenters. The summed E-state index contributed by atoms with van der Waals surface area (Å²) in [5.74, 6) is 0.871. The first kappa shape index (κ1) is 14.6. The van der Waals surface area contributed by atoms with Gasteiger partial charge in [0.05, 0.1) is 15.9 Å². The van der Waals surface area contributed by atoms with Crippen molar-refractivity contribution in [2.75, 3.05) is 0 Å². The van der Waals surface area contributed by atoms with E-state index < -0.39 is 0 Å². The Bertz CT molecular complexity index is 546. The molecule has 1 heterocycles. The van der Waals surface area contributed by atoms with E-state index in [1.807, 2.05) is 38.1 Å². The monoisotopic (exact) mass is 339 g/mol. The summed E-state index contributed by atoms with van der Waals surface area (Å²) >= 11 is 5.23. The minimum atomic E-state index is -0.106. The zero-order chi connectivity index (χ0) is 14.0. The van der Waals surface area contributed by atoms with Crippen LogP contribution >= 0.6 is 27.3 Å². The van der Waals surface area contributed by atoms with E-state index >= 15 is 0 Å². The van der Waals surface area contributed by atoms with Crippen LogP contribution in [0.2, 0.25) is 0 Å². The second-order valence-corrected chi connectivity index (χ2v) is 7.22. The lowest BCUT2D eigenvalue weighted by Crippen LogP contribution is -2.11. The summed E-state index contributed by atoms with van der Waals surface area (Å²) in [6.07, 6.45) is 0.171. The van der Waals surface area contributed by atoms with Crippen LogP contribution in [0.4, 0.5) is 0 Å². The molecule has 0 saturated heterocycles. The maximum absolute atomic E-state index is 6.33. The Morgan fingerprint density at radius 2 is 2.00 bits per heavy atom. The number of ether oxygens (including phenoxy) is 1. The smallest absolute Gasteiger partial charge is 0.120 e. The van der Waals surface area contributed by atoms with Crippen molar-refractivity contribution in [2.45, 2.75) is 32.9 Å². The topological polar surface area (TPSA) is 35.2 Å². The Kier molecular flexibility index (Phi) is 4.66. The molecule has 0 aliphatic carbocycles. The van der Waals surface area contributed by atoms with Crippen LogP contribution in [0.1, 0.15) is 35.9 Å². The van der Waals surface area contributed by atoms with Gasteiger partial charge in [0, 0.05) is 4.88 Å². The molecule has 0 bridgehead atoms. The third-order valence-corrected chi connectivity index (χ3v) is 4.99. The molecule has 1 aromatic heterocycles. The van der Waals surface area contributed by atoms with Crippen LogP contribution in [0.15, 0.2) is 34.1 Å². The average molecular weight is 340 g/mol. The molecule has 0 radical (unpaired) electrons. The number of benzene rings is 1. The summed E-state index contributed by atoms with van der Waals surface area (Å²) in [4.78, 5) is 1.16. The second-order valence-electron chi connectivity index (χ2n) is 4.82.